The van der Waals surface area contributed by atoms with Gasteiger partial charge in [-0.1, -0.05) is 32.9 Å². The molecule has 0 aliphatic rings. The molecule has 0 radical (unpaired) electrons. The van der Waals surface area contributed by atoms with Gasteiger partial charge in [0, 0.05) is 10.2 Å². The van der Waals surface area contributed by atoms with Gasteiger partial charge in [0.2, 0.25) is 0 Å². The zero-order valence-electron chi connectivity index (χ0n) is 11.8. The Morgan fingerprint density at radius 3 is 2.16 bits per heavy atom. The lowest BCUT2D eigenvalue weighted by Gasteiger charge is -2.19. The Labute approximate surface area is 123 Å². The van der Waals surface area contributed by atoms with Crippen LogP contribution >= 0.6 is 15.9 Å². The average Bonchev–Trinajstić information content (AvgIpc) is 2.33. The zero-order chi connectivity index (χ0) is 14.0. The zero-order valence-corrected chi connectivity index (χ0v) is 13.4. The lowest BCUT2D eigenvalue weighted by Crippen LogP contribution is -2.10. The van der Waals surface area contributed by atoms with Crippen LogP contribution in [0.2, 0.25) is 0 Å². The molecular formula is C16H19BrN2. The van der Waals surface area contributed by atoms with Crippen molar-refractivity contribution in [2.45, 2.75) is 33.1 Å². The minimum atomic E-state index is 0.185. The van der Waals surface area contributed by atoms with Crippen LogP contribution in [0, 0.1) is 6.92 Å². The van der Waals surface area contributed by atoms with Gasteiger partial charge >= 0.3 is 0 Å². The molecule has 1 aromatic heterocycles. The lowest BCUT2D eigenvalue weighted by molar-refractivity contribution is 0.590. The molecule has 2 rings (SSSR count). The largest absolute Gasteiger partial charge is 0.340 e. The summed E-state index contributed by atoms with van der Waals surface area (Å²) in [7, 11) is 0. The molecule has 0 atom stereocenters. The fourth-order valence-electron chi connectivity index (χ4n) is 1.82. The summed E-state index contributed by atoms with van der Waals surface area (Å²) in [6.07, 6.45) is 0. The third-order valence-electron chi connectivity index (χ3n) is 3.04. The monoisotopic (exact) mass is 318 g/mol. The van der Waals surface area contributed by atoms with Gasteiger partial charge in [-0.15, -0.1) is 0 Å². The summed E-state index contributed by atoms with van der Waals surface area (Å²) in [5, 5.41) is 3.32. The van der Waals surface area contributed by atoms with Gasteiger partial charge in [0.1, 0.15) is 5.82 Å². The number of aromatic nitrogens is 1. The molecule has 1 N–H and O–H groups in total. The summed E-state index contributed by atoms with van der Waals surface area (Å²) >= 11 is 3.46. The van der Waals surface area contributed by atoms with Crippen molar-refractivity contribution in [2.75, 3.05) is 5.32 Å². The highest BCUT2D eigenvalue weighted by Crippen LogP contribution is 2.25. The highest BCUT2D eigenvalue weighted by molar-refractivity contribution is 9.10. The van der Waals surface area contributed by atoms with Crippen LogP contribution < -0.4 is 5.32 Å². The first-order valence-electron chi connectivity index (χ1n) is 6.37. The van der Waals surface area contributed by atoms with Crippen LogP contribution in [0.5, 0.6) is 0 Å². The number of hydrogen-bond donors (Lipinski definition) is 1. The second kappa shape index (κ2) is 5.33. The molecule has 100 valence electrons. The molecule has 0 aliphatic heterocycles. The number of aryl methyl sites for hydroxylation is 1. The van der Waals surface area contributed by atoms with Crippen LogP contribution in [-0.2, 0) is 5.41 Å². The molecule has 0 spiro atoms. The fraction of sp³-hybridized carbons (Fsp3) is 0.312. The third kappa shape index (κ3) is 3.57. The van der Waals surface area contributed by atoms with Crippen LogP contribution in [0.1, 0.15) is 32.0 Å². The van der Waals surface area contributed by atoms with Gasteiger partial charge in [-0.25, -0.2) is 4.98 Å². The molecule has 0 aliphatic carbocycles. The molecule has 2 nitrogen and oxygen atoms in total. The summed E-state index contributed by atoms with van der Waals surface area (Å²) in [5.41, 5.74) is 3.56. The van der Waals surface area contributed by atoms with Gasteiger partial charge in [-0.3, -0.25) is 0 Å². The summed E-state index contributed by atoms with van der Waals surface area (Å²) in [4.78, 5) is 4.48. The van der Waals surface area contributed by atoms with E-state index in [2.05, 4.69) is 71.3 Å². The Kier molecular flexibility index (Phi) is 3.95. The number of pyridine rings is 1. The molecule has 0 saturated heterocycles. The van der Waals surface area contributed by atoms with E-state index in [1.165, 1.54) is 5.56 Å². The molecule has 0 saturated carbocycles. The molecule has 0 fully saturated rings. The van der Waals surface area contributed by atoms with Crippen molar-refractivity contribution in [1.29, 1.82) is 0 Å². The lowest BCUT2D eigenvalue weighted by atomic mass is 9.87. The Morgan fingerprint density at radius 2 is 1.63 bits per heavy atom. The Morgan fingerprint density at radius 1 is 1.00 bits per heavy atom. The van der Waals surface area contributed by atoms with E-state index in [0.29, 0.717) is 0 Å². The van der Waals surface area contributed by atoms with Crippen molar-refractivity contribution in [3.63, 3.8) is 0 Å². The summed E-state index contributed by atoms with van der Waals surface area (Å²) < 4.78 is 1.03. The molecule has 19 heavy (non-hydrogen) atoms. The van der Waals surface area contributed by atoms with Crippen LogP contribution in [-0.4, -0.2) is 4.98 Å². The van der Waals surface area contributed by atoms with Gasteiger partial charge in [0.15, 0.2) is 0 Å². The van der Waals surface area contributed by atoms with Crippen LogP contribution in [0.4, 0.5) is 11.5 Å². The predicted octanol–water partition coefficient (Wildman–Crippen LogP) is 5.19. The Hall–Kier alpha value is -1.35. The molecule has 0 unspecified atom stereocenters. The quantitative estimate of drug-likeness (QED) is 0.823. The van der Waals surface area contributed by atoms with Crippen molar-refractivity contribution in [3.05, 3.63) is 52.1 Å². The topological polar surface area (TPSA) is 24.9 Å². The number of benzene rings is 1. The maximum atomic E-state index is 4.48. The third-order valence-corrected chi connectivity index (χ3v) is 3.88. The van der Waals surface area contributed by atoms with Gasteiger partial charge in [-0.05, 0) is 58.1 Å². The average molecular weight is 319 g/mol. The maximum absolute atomic E-state index is 4.48. The Bertz CT molecular complexity index is 568. The molecule has 3 heteroatoms. The highest BCUT2D eigenvalue weighted by Gasteiger charge is 2.12. The summed E-state index contributed by atoms with van der Waals surface area (Å²) in [6.45, 7) is 8.64. The number of rotatable bonds is 2. The molecule has 2 aromatic rings. The first-order chi connectivity index (χ1) is 8.86. The van der Waals surface area contributed by atoms with Crippen molar-refractivity contribution >= 4 is 27.4 Å². The van der Waals surface area contributed by atoms with Gasteiger partial charge in [-0.2, -0.15) is 0 Å². The Balaban J connectivity index is 2.17. The van der Waals surface area contributed by atoms with Crippen molar-refractivity contribution in [3.8, 4) is 0 Å². The van der Waals surface area contributed by atoms with Crippen LogP contribution in [0.25, 0.3) is 0 Å². The van der Waals surface area contributed by atoms with Gasteiger partial charge in [0.05, 0.1) is 5.69 Å². The van der Waals surface area contributed by atoms with Gasteiger partial charge in [0.25, 0.3) is 0 Å². The van der Waals surface area contributed by atoms with Crippen molar-refractivity contribution < 1.29 is 0 Å². The fourth-order valence-corrected chi connectivity index (χ4v) is 2.04. The number of hydrogen-bond acceptors (Lipinski definition) is 2. The maximum Gasteiger partial charge on any atom is 0.130 e. The minimum absolute atomic E-state index is 0.185. The van der Waals surface area contributed by atoms with E-state index in [1.807, 2.05) is 19.1 Å². The number of halogens is 1. The van der Waals surface area contributed by atoms with E-state index in [1.54, 1.807) is 0 Å². The molecular weight excluding hydrogens is 300 g/mol. The van der Waals surface area contributed by atoms with E-state index in [-0.39, 0.29) is 5.41 Å². The molecule has 0 amide bonds. The summed E-state index contributed by atoms with van der Waals surface area (Å²) in [6, 6.07) is 12.5. The van der Waals surface area contributed by atoms with Gasteiger partial charge < -0.3 is 5.32 Å². The van der Waals surface area contributed by atoms with E-state index < -0.39 is 0 Å². The predicted molar refractivity (Wildman–Crippen MR) is 85.1 cm³/mol. The van der Waals surface area contributed by atoms with E-state index >= 15 is 0 Å². The number of anilines is 2. The number of nitrogens with zero attached hydrogens (tertiary/aromatic N) is 1. The van der Waals surface area contributed by atoms with Crippen molar-refractivity contribution in [1.82, 2.24) is 4.98 Å². The highest BCUT2D eigenvalue weighted by atomic mass is 79.9. The second-order valence-corrected chi connectivity index (χ2v) is 6.57. The van der Waals surface area contributed by atoms with Crippen LogP contribution in [0.3, 0.4) is 0 Å². The van der Waals surface area contributed by atoms with Crippen LogP contribution in [0.15, 0.2) is 40.9 Å². The first-order valence-corrected chi connectivity index (χ1v) is 7.16. The standard InChI is InChI=1S/C16H19BrN2/c1-11-14(17)9-10-15(18-11)19-13-7-5-12(6-8-13)16(2,3)4/h5-10H,1-4H3,(H,18,19). The normalized spacial score (nSPS) is 11.4. The second-order valence-electron chi connectivity index (χ2n) is 5.72. The van der Waals surface area contributed by atoms with E-state index in [0.717, 1.165) is 21.7 Å². The van der Waals surface area contributed by atoms with E-state index in [4.69, 9.17) is 0 Å². The minimum Gasteiger partial charge on any atom is -0.340 e. The first kappa shape index (κ1) is 14.1. The smallest absolute Gasteiger partial charge is 0.130 e. The summed E-state index contributed by atoms with van der Waals surface area (Å²) in [5.74, 6) is 0.865. The number of nitrogens with one attached hydrogen (secondary N) is 1. The van der Waals surface area contributed by atoms with E-state index in [9.17, 15) is 0 Å². The SMILES string of the molecule is Cc1nc(Nc2ccc(C(C)(C)C)cc2)ccc1Br. The molecule has 1 aromatic carbocycles. The molecule has 1 heterocycles. The molecule has 0 bridgehead atoms. The van der Waals surface area contributed by atoms with Crippen molar-refractivity contribution in [2.24, 2.45) is 0 Å².